The number of aryl methyl sites for hydroxylation is 2. The first-order chi connectivity index (χ1) is 27.7. The van der Waals surface area contributed by atoms with Crippen molar-refractivity contribution in [1.82, 2.24) is 0 Å². The molecule has 58 heavy (non-hydrogen) atoms. The third kappa shape index (κ3) is 28.8. The van der Waals surface area contributed by atoms with E-state index in [0.29, 0.717) is 30.3 Å². The molecule has 1 aromatic rings. The minimum atomic E-state index is -4.67. The molecule has 0 aliphatic rings. The Morgan fingerprint density at radius 1 is 0.690 bits per heavy atom. The summed E-state index contributed by atoms with van der Waals surface area (Å²) in [7, 11) is 1.06. The van der Waals surface area contributed by atoms with Crippen molar-refractivity contribution in [3.8, 4) is 0 Å². The van der Waals surface area contributed by atoms with Gasteiger partial charge in [-0.2, -0.15) is 0 Å². The van der Waals surface area contributed by atoms with E-state index in [-0.39, 0.29) is 31.8 Å². The van der Waals surface area contributed by atoms with Gasteiger partial charge >= 0.3 is 11.9 Å². The van der Waals surface area contributed by atoms with Gasteiger partial charge in [0.15, 0.2) is 11.9 Å². The third-order valence-electron chi connectivity index (χ3n) is 10.2. The third-order valence-corrected chi connectivity index (χ3v) is 11.1. The Morgan fingerprint density at radius 2 is 1.22 bits per heavy atom. The van der Waals surface area contributed by atoms with Gasteiger partial charge in [-0.3, -0.25) is 18.9 Å². The maximum absolute atomic E-state index is 12.7. The second-order valence-corrected chi connectivity index (χ2v) is 18.1. The van der Waals surface area contributed by atoms with Gasteiger partial charge in [0.2, 0.25) is 0 Å². The Bertz CT molecular complexity index is 1380. The summed E-state index contributed by atoms with van der Waals surface area (Å²) < 4.78 is 40.1. The van der Waals surface area contributed by atoms with E-state index in [4.69, 9.17) is 22.9 Å². The van der Waals surface area contributed by atoms with Crippen molar-refractivity contribution in [1.29, 1.82) is 0 Å². The van der Waals surface area contributed by atoms with Gasteiger partial charge in [-0.1, -0.05) is 103 Å². The molecule has 0 amide bonds. The van der Waals surface area contributed by atoms with Crippen LogP contribution in [0.25, 0.3) is 0 Å². The van der Waals surface area contributed by atoms with Crippen LogP contribution >= 0.6 is 7.82 Å². The van der Waals surface area contributed by atoms with Gasteiger partial charge in [-0.15, -0.1) is 0 Å². The van der Waals surface area contributed by atoms with E-state index < -0.39 is 32.5 Å². The molecule has 12 heteroatoms. The molecule has 0 bridgehead atoms. The average Bonchev–Trinajstić information content (AvgIpc) is 3.43. The number of allylic oxidation sites excluding steroid dienone is 4. The molecule has 0 saturated heterocycles. The lowest BCUT2D eigenvalue weighted by Crippen LogP contribution is -2.37. The number of carbonyl (C=O) groups excluding carboxylic acids is 3. The van der Waals surface area contributed by atoms with Crippen LogP contribution in [0.5, 0.6) is 0 Å². The Kier molecular flexibility index (Phi) is 29.7. The van der Waals surface area contributed by atoms with Gasteiger partial charge in [0.05, 0.1) is 27.7 Å². The molecule has 334 valence electrons. The molecule has 0 radical (unpaired) electrons. The van der Waals surface area contributed by atoms with E-state index in [2.05, 4.69) is 33.8 Å². The number of likely N-dealkylation sites (N-methyl/N-ethyl adjacent to an activating group) is 1. The van der Waals surface area contributed by atoms with E-state index in [1.165, 1.54) is 49.7 Å². The van der Waals surface area contributed by atoms with Crippen molar-refractivity contribution in [3.05, 3.63) is 47.0 Å². The number of hydrogen-bond donors (Lipinski definition) is 0. The monoisotopic (exact) mass is 838 g/mol. The molecule has 2 atom stereocenters. The van der Waals surface area contributed by atoms with Gasteiger partial charge in [-0.05, 0) is 76.0 Å². The first-order valence-electron chi connectivity index (χ1n) is 22.4. The highest BCUT2D eigenvalue weighted by Gasteiger charge is 2.22. The van der Waals surface area contributed by atoms with Crippen molar-refractivity contribution in [2.75, 3.05) is 47.5 Å². The minimum Gasteiger partial charge on any atom is -0.756 e. The molecule has 0 spiro atoms. The number of esters is 2. The van der Waals surface area contributed by atoms with E-state index in [1.54, 1.807) is 6.08 Å². The van der Waals surface area contributed by atoms with Crippen LogP contribution in [-0.4, -0.2) is 75.8 Å². The number of ketones is 1. The predicted molar refractivity (Wildman–Crippen MR) is 230 cm³/mol. The second kappa shape index (κ2) is 32.2. The number of carbonyl (C=O) groups is 3. The lowest BCUT2D eigenvalue weighted by Gasteiger charge is -2.28. The Balaban J connectivity index is 2.42. The number of nitrogens with zero attached hydrogens (tertiary/aromatic N) is 1. The predicted octanol–water partition coefficient (Wildman–Crippen LogP) is 10.6. The van der Waals surface area contributed by atoms with Crippen molar-refractivity contribution in [3.63, 3.8) is 0 Å². The summed E-state index contributed by atoms with van der Waals surface area (Å²) >= 11 is 0. The number of phosphoric acid groups is 1. The number of hydrogen-bond acceptors (Lipinski definition) is 10. The maximum Gasteiger partial charge on any atom is 0.306 e. The highest BCUT2D eigenvalue weighted by Crippen LogP contribution is 2.38. The fourth-order valence-corrected chi connectivity index (χ4v) is 7.01. The van der Waals surface area contributed by atoms with Crippen LogP contribution in [0.15, 0.2) is 28.7 Å². The number of phosphoric ester groups is 1. The fourth-order valence-electron chi connectivity index (χ4n) is 6.28. The number of quaternary nitrogens is 1. The quantitative estimate of drug-likeness (QED) is 0.0159. The highest BCUT2D eigenvalue weighted by molar-refractivity contribution is 7.45. The van der Waals surface area contributed by atoms with E-state index >= 15 is 0 Å². The van der Waals surface area contributed by atoms with Crippen molar-refractivity contribution < 1.29 is 51.3 Å². The summed E-state index contributed by atoms with van der Waals surface area (Å²) in [5, 5.41) is 0. The van der Waals surface area contributed by atoms with Crippen LogP contribution in [0, 0.1) is 13.8 Å². The Morgan fingerprint density at radius 3 is 1.83 bits per heavy atom. The van der Waals surface area contributed by atoms with Gasteiger partial charge in [-0.25, -0.2) is 0 Å². The summed E-state index contributed by atoms with van der Waals surface area (Å²) in [6.07, 6.45) is 27.1. The van der Waals surface area contributed by atoms with Gasteiger partial charge in [0.25, 0.3) is 7.82 Å². The molecule has 0 aromatic carbocycles. The van der Waals surface area contributed by atoms with Crippen LogP contribution in [0.2, 0.25) is 0 Å². The molecule has 1 unspecified atom stereocenters. The van der Waals surface area contributed by atoms with Crippen LogP contribution in [0.3, 0.4) is 0 Å². The zero-order chi connectivity index (χ0) is 43.1. The maximum atomic E-state index is 12.7. The van der Waals surface area contributed by atoms with Crippen molar-refractivity contribution in [2.45, 2.75) is 181 Å². The largest absolute Gasteiger partial charge is 0.756 e. The molecule has 1 aromatic heterocycles. The summed E-state index contributed by atoms with van der Waals surface area (Å²) in [6.45, 7) is 8.27. The zero-order valence-corrected chi connectivity index (χ0v) is 38.3. The van der Waals surface area contributed by atoms with Gasteiger partial charge < -0.3 is 32.3 Å². The molecule has 0 aliphatic heterocycles. The second-order valence-electron chi connectivity index (χ2n) is 16.7. The minimum absolute atomic E-state index is 0.0610. The van der Waals surface area contributed by atoms with Crippen LogP contribution in [0.4, 0.5) is 0 Å². The average molecular weight is 838 g/mol. The molecule has 1 heterocycles. The van der Waals surface area contributed by atoms with E-state index in [9.17, 15) is 23.8 Å². The van der Waals surface area contributed by atoms with Gasteiger partial charge in [0, 0.05) is 32.1 Å². The summed E-state index contributed by atoms with van der Waals surface area (Å²) in [5.74, 6) is 1.42. The molecule has 0 aliphatic carbocycles. The Labute approximate surface area is 351 Å². The van der Waals surface area contributed by atoms with Crippen LogP contribution < -0.4 is 4.89 Å². The smallest absolute Gasteiger partial charge is 0.306 e. The molecule has 0 saturated carbocycles. The summed E-state index contributed by atoms with van der Waals surface area (Å²) in [5.41, 5.74) is 2.59. The Hall–Kier alpha value is -2.56. The number of furan rings is 1. The lowest BCUT2D eigenvalue weighted by atomic mass is 10.0. The van der Waals surface area contributed by atoms with Crippen molar-refractivity contribution >= 4 is 25.5 Å². The molecule has 11 nitrogen and oxygen atoms in total. The number of ether oxygens (including phenoxy) is 2. The normalized spacial score (nSPS) is 13.7. The van der Waals surface area contributed by atoms with Crippen LogP contribution in [0.1, 0.15) is 171 Å². The highest BCUT2D eigenvalue weighted by atomic mass is 31.2. The number of rotatable bonds is 37. The summed E-state index contributed by atoms with van der Waals surface area (Å²) in [6, 6.07) is 0. The molecule has 0 N–H and O–H groups in total. The van der Waals surface area contributed by atoms with Crippen LogP contribution in [-0.2, 0) is 50.3 Å². The SMILES string of the molecule is CCCCC/C=C\C=C\C(=O)CCCCCCCC(=O)O[C@H](COC(=O)CCCCCCCCc1oc(CCCCC)c(C)c1C)COP(=O)([O-])OCC[N+](C)(C)C. The van der Waals surface area contributed by atoms with Crippen molar-refractivity contribution in [2.24, 2.45) is 0 Å². The van der Waals surface area contributed by atoms with E-state index in [0.717, 1.165) is 88.6 Å². The molecular formula is C46H80NO10P. The first-order valence-corrected chi connectivity index (χ1v) is 23.8. The lowest BCUT2D eigenvalue weighted by molar-refractivity contribution is -0.870. The molecule has 0 fully saturated rings. The molecular weight excluding hydrogens is 757 g/mol. The van der Waals surface area contributed by atoms with Gasteiger partial charge in [0.1, 0.15) is 31.3 Å². The first kappa shape index (κ1) is 53.5. The number of unbranched alkanes of at least 4 members (excludes halogenated alkanes) is 14. The fraction of sp³-hybridized carbons (Fsp3) is 0.761. The van der Waals surface area contributed by atoms with E-state index in [1.807, 2.05) is 33.3 Å². The topological polar surface area (TPSA) is 141 Å². The zero-order valence-electron chi connectivity index (χ0n) is 37.5. The standard InChI is InChI=1S/C46H80NO10P/c1-8-10-12-13-14-18-24-29-41(48)30-25-19-17-22-28-34-46(50)56-42(38-55-58(51,52)54-36-35-47(5,6)7)37-53-45(49)33-27-21-16-15-20-26-32-44-40(4)39(3)43(57-44)31-23-11-9-2/h14,18,24,29,42H,8-13,15-17,19-23,25-28,30-38H2,1-7H3/b18-14-,29-24+/t42-/m1/s1. The summed E-state index contributed by atoms with van der Waals surface area (Å²) in [4.78, 5) is 49.8. The molecule has 1 rings (SSSR count).